The molecule has 0 saturated heterocycles. The molecular formula is C12H19NO. The lowest BCUT2D eigenvalue weighted by Gasteiger charge is -1.85. The minimum Gasteiger partial charge on any atom is -0.453 e. The van der Waals surface area contributed by atoms with Gasteiger partial charge in [0.15, 0.2) is 6.40 Å². The van der Waals surface area contributed by atoms with Crippen molar-refractivity contribution in [3.8, 4) is 0 Å². The van der Waals surface area contributed by atoms with Crippen LogP contribution in [0.3, 0.4) is 0 Å². The van der Waals surface area contributed by atoms with Crippen molar-refractivity contribution in [2.45, 2.75) is 44.9 Å². The topological polar surface area (TPSA) is 21.6 Å². The molecule has 0 atom stereocenters. The summed E-state index contributed by atoms with van der Waals surface area (Å²) in [7, 11) is 0. The highest BCUT2D eigenvalue weighted by Crippen LogP contribution is 2.15. The van der Waals surface area contributed by atoms with Crippen molar-refractivity contribution in [1.82, 2.24) is 0 Å². The summed E-state index contributed by atoms with van der Waals surface area (Å²) in [6.45, 7) is 0. The highest BCUT2D eigenvalue weighted by atomic mass is 16.5. The van der Waals surface area contributed by atoms with E-state index in [9.17, 15) is 0 Å². The Labute approximate surface area is 86.4 Å². The van der Waals surface area contributed by atoms with Crippen LogP contribution in [0, 0.1) is 0 Å². The predicted octanol–water partition coefficient (Wildman–Crippen LogP) is 3.80. The van der Waals surface area contributed by atoms with Crippen molar-refractivity contribution in [2.24, 2.45) is 4.99 Å². The van der Waals surface area contributed by atoms with Crippen molar-refractivity contribution in [3.63, 3.8) is 0 Å². The zero-order chi connectivity index (χ0) is 9.90. The lowest BCUT2D eigenvalue weighted by atomic mass is 10.2. The Morgan fingerprint density at radius 3 is 1.93 bits per heavy atom. The summed E-state index contributed by atoms with van der Waals surface area (Å²) in [5.74, 6) is 0. The Morgan fingerprint density at radius 2 is 1.36 bits per heavy atom. The van der Waals surface area contributed by atoms with E-state index in [0.29, 0.717) is 0 Å². The van der Waals surface area contributed by atoms with E-state index >= 15 is 0 Å². The molecule has 2 rings (SSSR count). The summed E-state index contributed by atoms with van der Waals surface area (Å²) in [5.41, 5.74) is 0. The van der Waals surface area contributed by atoms with Gasteiger partial charge in [-0.25, -0.2) is 4.99 Å². The molecule has 0 aromatic rings. The van der Waals surface area contributed by atoms with Crippen LogP contribution in [-0.4, -0.2) is 6.40 Å². The number of rotatable bonds is 0. The minimum absolute atomic E-state index is 1.38. The first kappa shape index (κ1) is 11.0. The molecule has 0 N–H and O–H groups in total. The lowest BCUT2D eigenvalue weighted by molar-refractivity contribution is 0.495. The van der Waals surface area contributed by atoms with Gasteiger partial charge in [0.2, 0.25) is 0 Å². The van der Waals surface area contributed by atoms with Gasteiger partial charge in [-0.3, -0.25) is 0 Å². The summed E-state index contributed by atoms with van der Waals surface area (Å²) in [4.78, 5) is 3.68. The van der Waals surface area contributed by atoms with Crippen LogP contribution in [0.2, 0.25) is 0 Å². The van der Waals surface area contributed by atoms with Gasteiger partial charge in [0.25, 0.3) is 0 Å². The summed E-state index contributed by atoms with van der Waals surface area (Å²) >= 11 is 0. The first-order valence-corrected chi connectivity index (χ1v) is 5.49. The van der Waals surface area contributed by atoms with Gasteiger partial charge >= 0.3 is 0 Å². The number of nitrogens with zero attached hydrogens (tertiary/aromatic N) is 1. The molecule has 1 aliphatic carbocycles. The third-order valence-electron chi connectivity index (χ3n) is 2.31. The summed E-state index contributed by atoms with van der Waals surface area (Å²) in [6, 6.07) is 0. The van der Waals surface area contributed by atoms with Gasteiger partial charge in [0.05, 0.1) is 6.26 Å². The first-order chi connectivity index (χ1) is 7.00. The maximum atomic E-state index is 4.66. The lowest BCUT2D eigenvalue weighted by Crippen LogP contribution is -1.68. The average Bonchev–Trinajstić information content (AvgIpc) is 2.68. The molecule has 1 fully saturated rings. The van der Waals surface area contributed by atoms with Crippen molar-refractivity contribution < 1.29 is 4.74 Å². The van der Waals surface area contributed by atoms with Crippen molar-refractivity contribution in [3.05, 3.63) is 24.6 Å². The second kappa shape index (κ2) is 8.54. The van der Waals surface area contributed by atoms with Crippen LogP contribution < -0.4 is 0 Å². The fourth-order valence-electron chi connectivity index (χ4n) is 1.53. The molecule has 0 unspecified atom stereocenters. The van der Waals surface area contributed by atoms with Gasteiger partial charge in [-0.15, -0.1) is 0 Å². The zero-order valence-electron chi connectivity index (χ0n) is 8.69. The van der Waals surface area contributed by atoms with Gasteiger partial charge in [-0.2, -0.15) is 0 Å². The van der Waals surface area contributed by atoms with Crippen molar-refractivity contribution in [1.29, 1.82) is 0 Å². The van der Waals surface area contributed by atoms with E-state index in [4.69, 9.17) is 0 Å². The van der Waals surface area contributed by atoms with E-state index in [1.54, 1.807) is 24.6 Å². The predicted molar refractivity (Wildman–Crippen MR) is 60.2 cm³/mol. The van der Waals surface area contributed by atoms with Crippen LogP contribution in [0.25, 0.3) is 0 Å². The van der Waals surface area contributed by atoms with Crippen LogP contribution in [0.4, 0.5) is 0 Å². The number of allylic oxidation sites excluding steroid dienone is 2. The smallest absolute Gasteiger partial charge is 0.180 e. The molecule has 0 radical (unpaired) electrons. The van der Waals surface area contributed by atoms with E-state index in [1.807, 2.05) is 0 Å². The van der Waals surface area contributed by atoms with Crippen molar-refractivity contribution in [2.75, 3.05) is 0 Å². The molecule has 1 aliphatic heterocycles. The Hall–Kier alpha value is -1.05. The SMILES string of the molecule is C1=CN=COC=C1.C1CCCCCC1. The van der Waals surface area contributed by atoms with Crippen LogP contribution >= 0.6 is 0 Å². The molecule has 2 nitrogen and oxygen atoms in total. The number of hydrogen-bond donors (Lipinski definition) is 0. The van der Waals surface area contributed by atoms with E-state index in [2.05, 4.69) is 9.73 Å². The molecule has 2 heteroatoms. The third-order valence-corrected chi connectivity index (χ3v) is 2.31. The highest BCUT2D eigenvalue weighted by Gasteiger charge is 1.95. The molecule has 0 amide bonds. The number of aliphatic imine (C=N–C) groups is 1. The molecular weight excluding hydrogens is 174 g/mol. The van der Waals surface area contributed by atoms with Crippen molar-refractivity contribution >= 4 is 6.40 Å². The van der Waals surface area contributed by atoms with E-state index in [0.717, 1.165) is 0 Å². The van der Waals surface area contributed by atoms with Gasteiger partial charge in [0.1, 0.15) is 0 Å². The Morgan fingerprint density at radius 1 is 0.786 bits per heavy atom. The zero-order valence-corrected chi connectivity index (χ0v) is 8.69. The Bertz CT molecular complexity index is 173. The molecule has 0 spiro atoms. The fraction of sp³-hybridized carbons (Fsp3) is 0.583. The summed E-state index contributed by atoms with van der Waals surface area (Å²) in [5, 5.41) is 0. The normalized spacial score (nSPS) is 20.0. The molecule has 1 heterocycles. The maximum absolute atomic E-state index is 4.66. The molecule has 14 heavy (non-hydrogen) atoms. The van der Waals surface area contributed by atoms with Crippen LogP contribution in [0.5, 0.6) is 0 Å². The van der Waals surface area contributed by atoms with Crippen LogP contribution in [0.1, 0.15) is 44.9 Å². The van der Waals surface area contributed by atoms with E-state index in [1.165, 1.54) is 51.3 Å². The van der Waals surface area contributed by atoms with Gasteiger partial charge < -0.3 is 4.74 Å². The highest BCUT2D eigenvalue weighted by molar-refractivity contribution is 5.49. The van der Waals surface area contributed by atoms with Gasteiger partial charge in [-0.05, 0) is 12.2 Å². The first-order valence-electron chi connectivity index (χ1n) is 5.49. The average molecular weight is 193 g/mol. The fourth-order valence-corrected chi connectivity index (χ4v) is 1.53. The van der Waals surface area contributed by atoms with E-state index < -0.39 is 0 Å². The molecule has 1 saturated carbocycles. The molecule has 0 aromatic carbocycles. The quantitative estimate of drug-likeness (QED) is 0.536. The molecule has 0 aromatic heterocycles. The van der Waals surface area contributed by atoms with Crippen LogP contribution in [-0.2, 0) is 4.74 Å². The van der Waals surface area contributed by atoms with E-state index in [-0.39, 0.29) is 0 Å². The largest absolute Gasteiger partial charge is 0.453 e. The number of hydrogen-bond acceptors (Lipinski definition) is 2. The third kappa shape index (κ3) is 6.46. The molecule has 2 aliphatic rings. The minimum atomic E-state index is 1.38. The molecule has 78 valence electrons. The Kier molecular flexibility index (Phi) is 6.73. The van der Waals surface area contributed by atoms with Gasteiger partial charge in [-0.1, -0.05) is 44.9 Å². The Balaban J connectivity index is 0.000000140. The van der Waals surface area contributed by atoms with Crippen LogP contribution in [0.15, 0.2) is 29.6 Å². The van der Waals surface area contributed by atoms with Gasteiger partial charge in [0, 0.05) is 6.20 Å². The maximum Gasteiger partial charge on any atom is 0.180 e. The standard InChI is InChI=1S/C7H14.C5H5NO/c1-2-4-6-7-5-3-1;1-2-4-7-5-6-3-1/h1-7H2;1-5H. The monoisotopic (exact) mass is 193 g/mol. The second-order valence-electron chi connectivity index (χ2n) is 3.54. The molecule has 0 bridgehead atoms. The number of ether oxygens (including phenoxy) is 1. The summed E-state index contributed by atoms with van der Waals surface area (Å²) < 4.78 is 4.66. The second-order valence-corrected chi connectivity index (χ2v) is 3.54. The summed E-state index contributed by atoms with van der Waals surface area (Å²) in [6.07, 6.45) is 18.7.